The first-order valence-electron chi connectivity index (χ1n) is 6.34. The fourth-order valence-corrected chi connectivity index (χ4v) is 2.29. The number of nitrogens with two attached hydrogens (primary N) is 1. The average Bonchev–Trinajstić information content (AvgIpc) is 2.88. The predicted molar refractivity (Wildman–Crippen MR) is 74.7 cm³/mol. The summed E-state index contributed by atoms with van der Waals surface area (Å²) in [6, 6.07) is 4.53. The summed E-state index contributed by atoms with van der Waals surface area (Å²) in [5.41, 5.74) is 6.90. The topological polar surface area (TPSA) is 98.9 Å². The molecule has 0 spiro atoms. The van der Waals surface area contributed by atoms with Gasteiger partial charge < -0.3 is 20.1 Å². The quantitative estimate of drug-likeness (QED) is 0.646. The highest BCUT2D eigenvalue weighted by atomic mass is 16.5. The van der Waals surface area contributed by atoms with Crippen LogP contribution in [0, 0.1) is 5.92 Å². The Kier molecular flexibility index (Phi) is 4.11. The first-order chi connectivity index (χ1) is 9.97. The molecule has 7 nitrogen and oxygen atoms in total. The van der Waals surface area contributed by atoms with E-state index in [0.717, 1.165) is 0 Å². The number of esters is 2. The van der Waals surface area contributed by atoms with Gasteiger partial charge in [0.1, 0.15) is 0 Å². The molecule has 0 aromatic heterocycles. The Labute approximate surface area is 121 Å². The number of hydrogen-bond acceptors (Lipinski definition) is 6. The number of benzene rings is 1. The maximum atomic E-state index is 12.1. The van der Waals surface area contributed by atoms with E-state index in [2.05, 4.69) is 9.47 Å². The van der Waals surface area contributed by atoms with Gasteiger partial charge >= 0.3 is 11.9 Å². The Morgan fingerprint density at radius 2 is 2.00 bits per heavy atom. The van der Waals surface area contributed by atoms with Crippen molar-refractivity contribution in [2.45, 2.75) is 6.42 Å². The molecule has 0 saturated carbocycles. The van der Waals surface area contributed by atoms with Crippen molar-refractivity contribution < 1.29 is 23.9 Å². The molecule has 1 aromatic carbocycles. The number of methoxy groups -OCH3 is 2. The molecule has 2 N–H and O–H groups in total. The van der Waals surface area contributed by atoms with Crippen LogP contribution in [0.1, 0.15) is 16.8 Å². The molecule has 1 heterocycles. The number of carbonyl (C=O) groups excluding carboxylic acids is 3. The Bertz CT molecular complexity index is 599. The molecule has 0 radical (unpaired) electrons. The van der Waals surface area contributed by atoms with Gasteiger partial charge in [0.2, 0.25) is 5.91 Å². The van der Waals surface area contributed by atoms with Crippen molar-refractivity contribution in [1.29, 1.82) is 0 Å². The van der Waals surface area contributed by atoms with Gasteiger partial charge in [-0.15, -0.1) is 0 Å². The fourth-order valence-electron chi connectivity index (χ4n) is 2.29. The normalized spacial score (nSPS) is 17.7. The van der Waals surface area contributed by atoms with Gasteiger partial charge in [-0.2, -0.15) is 0 Å². The number of anilines is 2. The SMILES string of the molecule is COC(=O)c1ccc(N)c(N2CC(C(=O)OC)CC2=O)c1. The lowest BCUT2D eigenvalue weighted by molar-refractivity contribution is -0.145. The molecule has 1 unspecified atom stereocenters. The summed E-state index contributed by atoms with van der Waals surface area (Å²) in [4.78, 5) is 36.5. The highest BCUT2D eigenvalue weighted by Crippen LogP contribution is 2.31. The number of carbonyl (C=O) groups is 3. The van der Waals surface area contributed by atoms with Gasteiger partial charge in [-0.05, 0) is 18.2 Å². The van der Waals surface area contributed by atoms with Crippen LogP contribution in [0.25, 0.3) is 0 Å². The Hall–Kier alpha value is -2.57. The van der Waals surface area contributed by atoms with E-state index in [9.17, 15) is 14.4 Å². The highest BCUT2D eigenvalue weighted by Gasteiger charge is 2.36. The minimum Gasteiger partial charge on any atom is -0.469 e. The number of amides is 1. The smallest absolute Gasteiger partial charge is 0.337 e. The zero-order valence-electron chi connectivity index (χ0n) is 11.8. The van der Waals surface area contributed by atoms with Crippen molar-refractivity contribution in [2.24, 2.45) is 5.92 Å². The molecule has 1 saturated heterocycles. The Balaban J connectivity index is 2.31. The first kappa shape index (κ1) is 14.8. The molecule has 1 aliphatic rings. The summed E-state index contributed by atoms with van der Waals surface area (Å²) in [5, 5.41) is 0. The van der Waals surface area contributed by atoms with Crippen LogP contribution in [-0.2, 0) is 19.1 Å². The van der Waals surface area contributed by atoms with Gasteiger partial charge in [0.05, 0.1) is 37.1 Å². The molecule has 1 fully saturated rings. The molecular formula is C14H16N2O5. The summed E-state index contributed by atoms with van der Waals surface area (Å²) >= 11 is 0. The zero-order chi connectivity index (χ0) is 15.6. The minimum atomic E-state index is -0.524. The van der Waals surface area contributed by atoms with Crippen LogP contribution < -0.4 is 10.6 Å². The van der Waals surface area contributed by atoms with Crippen LogP contribution in [0.3, 0.4) is 0 Å². The standard InChI is InChI=1S/C14H16N2O5/c1-20-13(18)8-3-4-10(15)11(5-8)16-7-9(6-12(16)17)14(19)21-2/h3-5,9H,6-7,15H2,1-2H3. The van der Waals surface area contributed by atoms with E-state index in [0.29, 0.717) is 11.4 Å². The lowest BCUT2D eigenvalue weighted by atomic mass is 10.1. The summed E-state index contributed by atoms with van der Waals surface area (Å²) < 4.78 is 9.29. The summed E-state index contributed by atoms with van der Waals surface area (Å²) in [6.45, 7) is 0.181. The molecule has 21 heavy (non-hydrogen) atoms. The summed E-state index contributed by atoms with van der Waals surface area (Å²) in [7, 11) is 2.55. The summed E-state index contributed by atoms with van der Waals surface area (Å²) in [5.74, 6) is -1.72. The molecular weight excluding hydrogens is 276 g/mol. The third kappa shape index (κ3) is 2.81. The number of ether oxygens (including phenoxy) is 2. The number of hydrogen-bond donors (Lipinski definition) is 1. The number of rotatable bonds is 3. The van der Waals surface area contributed by atoms with E-state index in [1.54, 1.807) is 0 Å². The Morgan fingerprint density at radius 1 is 1.29 bits per heavy atom. The van der Waals surface area contributed by atoms with Crippen molar-refractivity contribution in [3.8, 4) is 0 Å². The monoisotopic (exact) mass is 292 g/mol. The molecule has 2 rings (SSSR count). The van der Waals surface area contributed by atoms with Crippen LogP contribution in [-0.4, -0.2) is 38.6 Å². The largest absolute Gasteiger partial charge is 0.469 e. The second kappa shape index (κ2) is 5.82. The van der Waals surface area contributed by atoms with Crippen LogP contribution >= 0.6 is 0 Å². The molecule has 1 aromatic rings. The van der Waals surface area contributed by atoms with Crippen molar-refractivity contribution in [3.63, 3.8) is 0 Å². The van der Waals surface area contributed by atoms with E-state index in [-0.39, 0.29) is 24.4 Å². The summed E-state index contributed by atoms with van der Waals surface area (Å²) in [6.07, 6.45) is 0.0641. The van der Waals surface area contributed by atoms with Crippen molar-refractivity contribution in [1.82, 2.24) is 0 Å². The average molecular weight is 292 g/mol. The molecule has 1 atom stereocenters. The van der Waals surface area contributed by atoms with E-state index in [1.165, 1.54) is 37.3 Å². The van der Waals surface area contributed by atoms with Crippen LogP contribution in [0.15, 0.2) is 18.2 Å². The van der Waals surface area contributed by atoms with Gasteiger partial charge in [-0.1, -0.05) is 0 Å². The third-order valence-electron chi connectivity index (χ3n) is 3.40. The molecule has 0 bridgehead atoms. The van der Waals surface area contributed by atoms with Gasteiger partial charge in [0.25, 0.3) is 0 Å². The molecule has 7 heteroatoms. The van der Waals surface area contributed by atoms with Crippen LogP contribution in [0.2, 0.25) is 0 Å². The molecule has 1 amide bonds. The van der Waals surface area contributed by atoms with Crippen molar-refractivity contribution in [3.05, 3.63) is 23.8 Å². The van der Waals surface area contributed by atoms with Gasteiger partial charge in [0, 0.05) is 13.0 Å². The van der Waals surface area contributed by atoms with Crippen LogP contribution in [0.5, 0.6) is 0 Å². The maximum Gasteiger partial charge on any atom is 0.337 e. The first-order valence-corrected chi connectivity index (χ1v) is 6.34. The highest BCUT2D eigenvalue weighted by molar-refractivity contribution is 6.03. The van der Waals surface area contributed by atoms with Gasteiger partial charge in [-0.3, -0.25) is 9.59 Å². The van der Waals surface area contributed by atoms with Gasteiger partial charge in [0.15, 0.2) is 0 Å². The lowest BCUT2D eigenvalue weighted by Crippen LogP contribution is -2.27. The number of nitrogens with zero attached hydrogens (tertiary/aromatic N) is 1. The second-order valence-corrected chi connectivity index (χ2v) is 4.69. The van der Waals surface area contributed by atoms with E-state index in [1.807, 2.05) is 0 Å². The van der Waals surface area contributed by atoms with Crippen LogP contribution in [0.4, 0.5) is 11.4 Å². The second-order valence-electron chi connectivity index (χ2n) is 4.69. The predicted octanol–water partition coefficient (Wildman–Crippen LogP) is 0.581. The third-order valence-corrected chi connectivity index (χ3v) is 3.40. The van der Waals surface area contributed by atoms with E-state index >= 15 is 0 Å². The molecule has 1 aliphatic heterocycles. The van der Waals surface area contributed by atoms with E-state index in [4.69, 9.17) is 5.73 Å². The van der Waals surface area contributed by atoms with Crippen molar-refractivity contribution >= 4 is 29.2 Å². The maximum absolute atomic E-state index is 12.1. The van der Waals surface area contributed by atoms with Gasteiger partial charge in [-0.25, -0.2) is 4.79 Å². The Morgan fingerprint density at radius 3 is 2.62 bits per heavy atom. The molecule has 0 aliphatic carbocycles. The lowest BCUT2D eigenvalue weighted by Gasteiger charge is -2.19. The van der Waals surface area contributed by atoms with Crippen molar-refractivity contribution in [2.75, 3.05) is 31.4 Å². The zero-order valence-corrected chi connectivity index (χ0v) is 11.8. The minimum absolute atomic E-state index is 0.0641. The number of nitrogen functional groups attached to an aromatic ring is 1. The fraction of sp³-hybridized carbons (Fsp3) is 0.357. The molecule has 112 valence electrons. The van der Waals surface area contributed by atoms with E-state index < -0.39 is 17.9 Å².